The van der Waals surface area contributed by atoms with Crippen LogP contribution in [-0.2, 0) is 35.9 Å². The van der Waals surface area contributed by atoms with Gasteiger partial charge in [-0.1, -0.05) is 60.7 Å². The maximum Gasteiger partial charge on any atom is 0.0731 e. The Labute approximate surface area is 141 Å². The lowest BCUT2D eigenvalue weighted by Crippen LogP contribution is -2.01. The smallest absolute Gasteiger partial charge is 0.0731 e. The van der Waals surface area contributed by atoms with Crippen LogP contribution >= 0.6 is 0 Å². The van der Waals surface area contributed by atoms with E-state index in [4.69, 9.17) is 9.47 Å². The highest BCUT2D eigenvalue weighted by molar-refractivity contribution is 5.90. The summed E-state index contributed by atoms with van der Waals surface area (Å²) >= 11 is 0. The summed E-state index contributed by atoms with van der Waals surface area (Å²) < 4.78 is 11.7. The second-order valence-electron chi connectivity index (χ2n) is 6.38. The molecule has 2 heterocycles. The number of hydrogen-bond acceptors (Lipinski definition) is 2. The standard InChI is InChI=1S/C22H18O2/c1-3-7-15(8-4-1)21-19-13-23-11-17(19)18-12-24-14-20(18)22(21)16-9-5-2-6-10-16/h1-10H,11-14H2. The van der Waals surface area contributed by atoms with Crippen molar-refractivity contribution in [2.24, 2.45) is 0 Å². The molecule has 0 aromatic heterocycles. The van der Waals surface area contributed by atoms with Crippen LogP contribution in [0.15, 0.2) is 60.7 Å². The van der Waals surface area contributed by atoms with Crippen molar-refractivity contribution in [3.8, 4) is 22.3 Å². The molecule has 0 amide bonds. The van der Waals surface area contributed by atoms with E-state index < -0.39 is 0 Å². The van der Waals surface area contributed by atoms with Gasteiger partial charge in [0.1, 0.15) is 0 Å². The van der Waals surface area contributed by atoms with E-state index in [1.165, 1.54) is 44.5 Å². The van der Waals surface area contributed by atoms with Gasteiger partial charge in [0.2, 0.25) is 0 Å². The zero-order valence-corrected chi connectivity index (χ0v) is 13.4. The molecular formula is C22H18O2. The summed E-state index contributed by atoms with van der Waals surface area (Å²) in [6.07, 6.45) is 0. The average molecular weight is 314 g/mol. The van der Waals surface area contributed by atoms with E-state index in [-0.39, 0.29) is 0 Å². The van der Waals surface area contributed by atoms with Gasteiger partial charge in [-0.25, -0.2) is 0 Å². The lowest BCUT2D eigenvalue weighted by atomic mass is 9.83. The predicted octanol–water partition coefficient (Wildman–Crippen LogP) is 5.08. The number of hydrogen-bond donors (Lipinski definition) is 0. The monoisotopic (exact) mass is 314 g/mol. The third-order valence-corrected chi connectivity index (χ3v) is 5.06. The van der Waals surface area contributed by atoms with Gasteiger partial charge in [0.25, 0.3) is 0 Å². The van der Waals surface area contributed by atoms with Crippen LogP contribution in [0.1, 0.15) is 22.3 Å². The Balaban J connectivity index is 1.90. The zero-order valence-electron chi connectivity index (χ0n) is 13.4. The minimum absolute atomic E-state index is 0.687. The molecule has 0 bridgehead atoms. The van der Waals surface area contributed by atoms with Gasteiger partial charge >= 0.3 is 0 Å². The Kier molecular flexibility index (Phi) is 3.25. The molecule has 0 unspecified atom stereocenters. The van der Waals surface area contributed by atoms with Gasteiger partial charge in [-0.05, 0) is 44.5 Å². The van der Waals surface area contributed by atoms with Crippen LogP contribution in [0.2, 0.25) is 0 Å². The molecule has 118 valence electrons. The van der Waals surface area contributed by atoms with Crippen molar-refractivity contribution in [3.63, 3.8) is 0 Å². The summed E-state index contributed by atoms with van der Waals surface area (Å²) in [4.78, 5) is 0. The molecule has 0 aliphatic carbocycles. The highest BCUT2D eigenvalue weighted by Crippen LogP contribution is 2.46. The Morgan fingerprint density at radius 1 is 0.458 bits per heavy atom. The minimum atomic E-state index is 0.687. The fraction of sp³-hybridized carbons (Fsp3) is 0.182. The topological polar surface area (TPSA) is 18.5 Å². The number of fused-ring (bicyclic) bond motifs is 3. The Hall–Kier alpha value is -2.42. The van der Waals surface area contributed by atoms with E-state index in [1.54, 1.807) is 0 Å². The van der Waals surface area contributed by atoms with Crippen molar-refractivity contribution < 1.29 is 9.47 Å². The van der Waals surface area contributed by atoms with E-state index >= 15 is 0 Å². The van der Waals surface area contributed by atoms with Crippen LogP contribution in [0.3, 0.4) is 0 Å². The summed E-state index contributed by atoms with van der Waals surface area (Å²) in [6.45, 7) is 2.78. The molecule has 0 saturated heterocycles. The Bertz CT molecular complexity index is 822. The first-order valence-electron chi connectivity index (χ1n) is 8.39. The maximum absolute atomic E-state index is 5.84. The van der Waals surface area contributed by atoms with Gasteiger partial charge in [-0.15, -0.1) is 0 Å². The molecule has 2 aliphatic rings. The Morgan fingerprint density at radius 3 is 1.25 bits per heavy atom. The van der Waals surface area contributed by atoms with Crippen LogP contribution in [0.25, 0.3) is 22.3 Å². The summed E-state index contributed by atoms with van der Waals surface area (Å²) in [5, 5.41) is 0. The highest BCUT2D eigenvalue weighted by Gasteiger charge is 2.30. The first-order valence-corrected chi connectivity index (χ1v) is 8.39. The van der Waals surface area contributed by atoms with Crippen LogP contribution in [0, 0.1) is 0 Å². The molecule has 0 fully saturated rings. The molecule has 24 heavy (non-hydrogen) atoms. The van der Waals surface area contributed by atoms with E-state index in [9.17, 15) is 0 Å². The van der Waals surface area contributed by atoms with Crippen LogP contribution < -0.4 is 0 Å². The third-order valence-electron chi connectivity index (χ3n) is 5.06. The first kappa shape index (κ1) is 14.0. The highest BCUT2D eigenvalue weighted by atomic mass is 16.5. The summed E-state index contributed by atoms with van der Waals surface area (Å²) in [5.74, 6) is 0. The zero-order chi connectivity index (χ0) is 15.9. The number of benzene rings is 3. The van der Waals surface area contributed by atoms with E-state index in [2.05, 4.69) is 60.7 Å². The van der Waals surface area contributed by atoms with E-state index in [0.717, 1.165) is 0 Å². The summed E-state index contributed by atoms with van der Waals surface area (Å²) in [6, 6.07) is 21.4. The molecule has 0 N–H and O–H groups in total. The fourth-order valence-corrected chi connectivity index (χ4v) is 3.99. The van der Waals surface area contributed by atoms with Gasteiger partial charge in [0, 0.05) is 0 Å². The van der Waals surface area contributed by atoms with Gasteiger partial charge in [-0.2, -0.15) is 0 Å². The molecule has 0 atom stereocenters. The molecule has 5 rings (SSSR count). The van der Waals surface area contributed by atoms with Gasteiger partial charge < -0.3 is 9.47 Å². The second-order valence-corrected chi connectivity index (χ2v) is 6.38. The second kappa shape index (κ2) is 5.59. The minimum Gasteiger partial charge on any atom is -0.372 e. The SMILES string of the molecule is c1ccc(-c2c3c(c4c(c2-c2ccccc2)COC4)COC3)cc1. The quantitative estimate of drug-likeness (QED) is 0.656. The largest absolute Gasteiger partial charge is 0.372 e. The summed E-state index contributed by atoms with van der Waals surface area (Å²) in [5.41, 5.74) is 10.5. The van der Waals surface area contributed by atoms with Crippen molar-refractivity contribution in [2.75, 3.05) is 0 Å². The third kappa shape index (κ3) is 2.04. The van der Waals surface area contributed by atoms with Gasteiger partial charge in [0.15, 0.2) is 0 Å². The van der Waals surface area contributed by atoms with Crippen molar-refractivity contribution in [1.82, 2.24) is 0 Å². The normalized spacial score (nSPS) is 15.3. The number of rotatable bonds is 2. The molecule has 0 radical (unpaired) electrons. The van der Waals surface area contributed by atoms with Gasteiger partial charge in [-0.3, -0.25) is 0 Å². The molecule has 2 heteroatoms. The van der Waals surface area contributed by atoms with E-state index in [1.807, 2.05) is 0 Å². The molecule has 0 saturated carbocycles. The van der Waals surface area contributed by atoms with Crippen molar-refractivity contribution in [1.29, 1.82) is 0 Å². The fourth-order valence-electron chi connectivity index (χ4n) is 3.99. The van der Waals surface area contributed by atoms with Crippen molar-refractivity contribution in [3.05, 3.63) is 82.9 Å². The summed E-state index contributed by atoms with van der Waals surface area (Å²) in [7, 11) is 0. The average Bonchev–Trinajstić information content (AvgIpc) is 3.30. The van der Waals surface area contributed by atoms with Crippen LogP contribution in [0.5, 0.6) is 0 Å². The Morgan fingerprint density at radius 2 is 0.833 bits per heavy atom. The van der Waals surface area contributed by atoms with Gasteiger partial charge in [0.05, 0.1) is 26.4 Å². The van der Waals surface area contributed by atoms with Crippen molar-refractivity contribution >= 4 is 0 Å². The lowest BCUT2D eigenvalue weighted by Gasteiger charge is -2.19. The van der Waals surface area contributed by atoms with Crippen LogP contribution in [0.4, 0.5) is 0 Å². The molecule has 0 spiro atoms. The van der Waals surface area contributed by atoms with Crippen LogP contribution in [-0.4, -0.2) is 0 Å². The molecule has 3 aromatic carbocycles. The first-order chi connectivity index (χ1) is 11.9. The molecule has 3 aromatic rings. The van der Waals surface area contributed by atoms with E-state index in [0.29, 0.717) is 26.4 Å². The number of ether oxygens (including phenoxy) is 2. The maximum atomic E-state index is 5.84. The molecule has 2 nitrogen and oxygen atoms in total. The predicted molar refractivity (Wildman–Crippen MR) is 94.3 cm³/mol. The molecule has 2 aliphatic heterocycles. The lowest BCUT2D eigenvalue weighted by molar-refractivity contribution is 0.126. The van der Waals surface area contributed by atoms with Crippen molar-refractivity contribution in [2.45, 2.75) is 26.4 Å². The molecular weight excluding hydrogens is 296 g/mol.